The summed E-state index contributed by atoms with van der Waals surface area (Å²) in [7, 11) is 0. The first-order valence-corrected chi connectivity index (χ1v) is 8.57. The molecule has 14 heavy (non-hydrogen) atoms. The Morgan fingerprint density at radius 2 is 2.07 bits per heavy atom. The van der Waals surface area contributed by atoms with Gasteiger partial charge in [0.1, 0.15) is 5.47 Å². The van der Waals surface area contributed by atoms with Crippen LogP contribution in [-0.4, -0.2) is 4.89 Å². The third kappa shape index (κ3) is 2.83. The van der Waals surface area contributed by atoms with Crippen LogP contribution in [-0.2, 0) is 18.2 Å². The average Bonchev–Trinajstić information content (AvgIpc) is 2.15. The fraction of sp³-hybridized carbons (Fsp3) is 0.400. The fourth-order valence-corrected chi connectivity index (χ4v) is 2.77. The quantitative estimate of drug-likeness (QED) is 0.628. The molecule has 0 spiro atoms. The Kier molecular flexibility index (Phi) is 4.20. The van der Waals surface area contributed by atoms with Gasteiger partial charge in [0, 0.05) is 5.66 Å². The highest BCUT2D eigenvalue weighted by atomic mass is 32.9. The van der Waals surface area contributed by atoms with Crippen molar-refractivity contribution in [2.75, 3.05) is 0 Å². The Labute approximate surface area is 95.8 Å². The highest BCUT2D eigenvalue weighted by Crippen LogP contribution is 2.59. The summed E-state index contributed by atoms with van der Waals surface area (Å²) in [4.78, 5) is 9.75. The molecule has 0 saturated heterocycles. The molecule has 0 aliphatic heterocycles. The third-order valence-corrected chi connectivity index (χ3v) is 5.67. The van der Waals surface area contributed by atoms with E-state index in [1.54, 1.807) is 0 Å². The molecule has 0 bridgehead atoms. The third-order valence-electron chi connectivity index (χ3n) is 2.39. The van der Waals surface area contributed by atoms with Crippen LogP contribution < -0.4 is 0 Å². The molecule has 1 nitrogen and oxygen atoms in total. The van der Waals surface area contributed by atoms with Crippen molar-refractivity contribution in [3.05, 3.63) is 35.4 Å². The highest BCUT2D eigenvalue weighted by Gasteiger charge is 2.20. The van der Waals surface area contributed by atoms with Gasteiger partial charge in [0.15, 0.2) is 0 Å². The molecule has 0 fully saturated rings. The molecule has 0 aliphatic rings. The molecule has 2 atom stereocenters. The van der Waals surface area contributed by atoms with Gasteiger partial charge in [-0.15, -0.1) is 12.2 Å². The number of hydrogen-bond donors (Lipinski definition) is 2. The van der Waals surface area contributed by atoms with E-state index in [2.05, 4.69) is 25.2 Å². The van der Waals surface area contributed by atoms with E-state index in [1.165, 1.54) is 5.56 Å². The van der Waals surface area contributed by atoms with Crippen molar-refractivity contribution in [1.29, 1.82) is 0 Å². The minimum absolute atomic E-state index is 0.0306. The standard InChI is InChI=1S/C10H15OPS2/c1-3-9-6-4-5-7-10(9)8(2)12(11,13)14/h4-8H,3H2,1-2H3,(H2,11,13,14). The van der Waals surface area contributed by atoms with E-state index < -0.39 is 5.47 Å². The van der Waals surface area contributed by atoms with Crippen LogP contribution in [0.2, 0.25) is 0 Å². The Hall–Kier alpha value is 0.180. The maximum Gasteiger partial charge on any atom is 0.121 e. The second-order valence-electron chi connectivity index (χ2n) is 3.32. The maximum atomic E-state index is 9.75. The lowest BCUT2D eigenvalue weighted by Crippen LogP contribution is -1.96. The first-order chi connectivity index (χ1) is 6.46. The lowest BCUT2D eigenvalue weighted by Gasteiger charge is -2.20. The molecule has 0 aromatic heterocycles. The normalized spacial score (nSPS) is 17.4. The molecule has 78 valence electrons. The lowest BCUT2D eigenvalue weighted by molar-refractivity contribution is 0.626. The van der Waals surface area contributed by atoms with Crippen molar-refractivity contribution in [3.8, 4) is 0 Å². The zero-order valence-corrected chi connectivity index (χ0v) is 10.9. The van der Waals surface area contributed by atoms with E-state index in [0.717, 1.165) is 12.0 Å². The van der Waals surface area contributed by atoms with Gasteiger partial charge in [0.2, 0.25) is 0 Å². The fourth-order valence-electron chi connectivity index (χ4n) is 1.44. The van der Waals surface area contributed by atoms with Gasteiger partial charge in [-0.2, -0.15) is 0 Å². The lowest BCUT2D eigenvalue weighted by atomic mass is 10.0. The molecule has 1 aromatic carbocycles. The average molecular weight is 246 g/mol. The van der Waals surface area contributed by atoms with Crippen molar-refractivity contribution in [3.63, 3.8) is 0 Å². The minimum atomic E-state index is -2.49. The van der Waals surface area contributed by atoms with Gasteiger partial charge < -0.3 is 4.89 Å². The van der Waals surface area contributed by atoms with Gasteiger partial charge in [0.05, 0.1) is 0 Å². The number of aryl methyl sites for hydroxylation is 1. The van der Waals surface area contributed by atoms with Gasteiger partial charge >= 0.3 is 0 Å². The number of benzene rings is 1. The maximum absolute atomic E-state index is 9.75. The highest BCUT2D eigenvalue weighted by molar-refractivity contribution is 8.61. The van der Waals surface area contributed by atoms with Crippen LogP contribution in [0.15, 0.2) is 24.3 Å². The molecule has 4 heteroatoms. The Balaban J connectivity index is 3.12. The SMILES string of the molecule is CCc1ccccc1C(C)P(O)(=S)S. The molecule has 0 amide bonds. The molecule has 0 heterocycles. The van der Waals surface area contributed by atoms with E-state index in [0.29, 0.717) is 0 Å². The van der Waals surface area contributed by atoms with E-state index in [4.69, 9.17) is 11.8 Å². The van der Waals surface area contributed by atoms with Gasteiger partial charge in [-0.1, -0.05) is 49.9 Å². The Morgan fingerprint density at radius 3 is 2.57 bits per heavy atom. The van der Waals surface area contributed by atoms with Crippen molar-refractivity contribution >= 4 is 29.5 Å². The summed E-state index contributed by atoms with van der Waals surface area (Å²) in [5, 5.41) is 0. The largest absolute Gasteiger partial charge is 0.357 e. The van der Waals surface area contributed by atoms with Gasteiger partial charge in [0.25, 0.3) is 0 Å². The van der Waals surface area contributed by atoms with Crippen LogP contribution >= 0.6 is 17.7 Å². The molecule has 0 aliphatic carbocycles. The summed E-state index contributed by atoms with van der Waals surface area (Å²) in [5.74, 6) is 0. The van der Waals surface area contributed by atoms with Crippen LogP contribution in [0.3, 0.4) is 0 Å². The minimum Gasteiger partial charge on any atom is -0.357 e. The Bertz CT molecular complexity index is 359. The molecule has 1 N–H and O–H groups in total. The van der Waals surface area contributed by atoms with Crippen LogP contribution in [0.5, 0.6) is 0 Å². The molecule has 1 rings (SSSR count). The first-order valence-electron chi connectivity index (χ1n) is 4.59. The van der Waals surface area contributed by atoms with Gasteiger partial charge in [-0.05, 0) is 17.5 Å². The van der Waals surface area contributed by atoms with Crippen molar-refractivity contribution in [1.82, 2.24) is 0 Å². The number of rotatable bonds is 3. The summed E-state index contributed by atoms with van der Waals surface area (Å²) < 4.78 is 0. The molecule has 0 saturated carbocycles. The zero-order valence-electron chi connectivity index (χ0n) is 8.34. The zero-order chi connectivity index (χ0) is 10.8. The molecule has 1 aromatic rings. The molecular weight excluding hydrogens is 231 g/mol. The number of hydrogen-bond acceptors (Lipinski definition) is 1. The number of thiol groups is 1. The van der Waals surface area contributed by atoms with Crippen molar-refractivity contribution < 1.29 is 4.89 Å². The van der Waals surface area contributed by atoms with Crippen LogP contribution in [0.1, 0.15) is 30.6 Å². The first kappa shape index (κ1) is 12.3. The van der Waals surface area contributed by atoms with Crippen LogP contribution in [0.25, 0.3) is 0 Å². The predicted octanol–water partition coefficient (Wildman–Crippen LogP) is 3.54. The summed E-state index contributed by atoms with van der Waals surface area (Å²) in [6.07, 6.45) is 0.962. The van der Waals surface area contributed by atoms with Gasteiger partial charge in [-0.25, -0.2) is 0 Å². The molecule has 0 radical (unpaired) electrons. The topological polar surface area (TPSA) is 20.2 Å². The molecular formula is C10H15OPS2. The van der Waals surface area contributed by atoms with Crippen molar-refractivity contribution in [2.45, 2.75) is 25.9 Å². The monoisotopic (exact) mass is 246 g/mol. The molecule has 2 unspecified atom stereocenters. The summed E-state index contributed by atoms with van der Waals surface area (Å²) in [6, 6.07) is 8.08. The van der Waals surface area contributed by atoms with Gasteiger partial charge in [-0.3, -0.25) is 0 Å². The second-order valence-corrected chi connectivity index (χ2v) is 9.58. The summed E-state index contributed by atoms with van der Waals surface area (Å²) in [5.41, 5.74) is -0.139. The second kappa shape index (κ2) is 4.80. The Morgan fingerprint density at radius 1 is 1.50 bits per heavy atom. The van der Waals surface area contributed by atoms with Crippen LogP contribution in [0, 0.1) is 0 Å². The van der Waals surface area contributed by atoms with E-state index in [1.807, 2.05) is 25.1 Å². The van der Waals surface area contributed by atoms with E-state index in [9.17, 15) is 4.89 Å². The smallest absolute Gasteiger partial charge is 0.121 e. The van der Waals surface area contributed by atoms with E-state index >= 15 is 0 Å². The van der Waals surface area contributed by atoms with Crippen LogP contribution in [0.4, 0.5) is 0 Å². The van der Waals surface area contributed by atoms with Crippen molar-refractivity contribution in [2.24, 2.45) is 0 Å². The summed E-state index contributed by atoms with van der Waals surface area (Å²) in [6.45, 7) is 4.05. The summed E-state index contributed by atoms with van der Waals surface area (Å²) >= 11 is 9.16. The predicted molar refractivity (Wildman–Crippen MR) is 69.7 cm³/mol. The van der Waals surface area contributed by atoms with E-state index in [-0.39, 0.29) is 5.66 Å².